The van der Waals surface area contributed by atoms with Crippen LogP contribution in [0.1, 0.15) is 20.3 Å². The molecule has 0 saturated carbocycles. The van der Waals surface area contributed by atoms with Crippen LogP contribution in [0, 0.1) is 5.92 Å². The summed E-state index contributed by atoms with van der Waals surface area (Å²) in [5.41, 5.74) is -2.51. The van der Waals surface area contributed by atoms with E-state index in [0.717, 1.165) is 4.90 Å². The van der Waals surface area contributed by atoms with Crippen LogP contribution in [0.15, 0.2) is 11.8 Å². The highest BCUT2D eigenvalue weighted by atomic mass is 16.4. The Balaban J connectivity index is 3.09. The van der Waals surface area contributed by atoms with Crippen LogP contribution in [0.4, 0.5) is 0 Å². The standard InChI is InChI=1S/C12H17NO6/c1-6(2)12(19,11(17)18)4-8-9(15)7(5-14)10(16)13(8)3/h5-6,8,14,19H,4H2,1-3H3,(H,17,18)/b7-5+. The third-order valence-corrected chi connectivity index (χ3v) is 3.55. The maximum absolute atomic E-state index is 11.9. The highest BCUT2D eigenvalue weighted by Gasteiger charge is 2.49. The molecule has 0 aromatic heterocycles. The topological polar surface area (TPSA) is 115 Å². The Kier molecular flexibility index (Phi) is 4.00. The average Bonchev–Trinajstić information content (AvgIpc) is 2.52. The van der Waals surface area contributed by atoms with Crippen molar-refractivity contribution >= 4 is 17.7 Å². The Morgan fingerprint density at radius 2 is 2.00 bits per heavy atom. The van der Waals surface area contributed by atoms with E-state index < -0.39 is 47.2 Å². The monoisotopic (exact) mass is 271 g/mol. The Hall–Kier alpha value is -1.89. The number of carboxylic acids is 1. The summed E-state index contributed by atoms with van der Waals surface area (Å²) in [6, 6.07) is -1.09. The first-order valence-electron chi connectivity index (χ1n) is 5.78. The van der Waals surface area contributed by atoms with E-state index in [1.807, 2.05) is 0 Å². The number of likely N-dealkylation sites (N-methyl/N-ethyl adjacent to an activating group) is 1. The molecule has 0 spiro atoms. The molecule has 19 heavy (non-hydrogen) atoms. The summed E-state index contributed by atoms with van der Waals surface area (Å²) in [6.07, 6.45) is -0.00518. The van der Waals surface area contributed by atoms with Crippen molar-refractivity contribution < 1.29 is 29.7 Å². The van der Waals surface area contributed by atoms with Crippen LogP contribution in [0.2, 0.25) is 0 Å². The second kappa shape index (κ2) is 5.00. The Morgan fingerprint density at radius 1 is 1.47 bits per heavy atom. The molecular weight excluding hydrogens is 254 g/mol. The molecule has 0 radical (unpaired) electrons. The van der Waals surface area contributed by atoms with Crippen LogP contribution in [0.5, 0.6) is 0 Å². The van der Waals surface area contributed by atoms with Gasteiger partial charge in [-0.25, -0.2) is 4.79 Å². The van der Waals surface area contributed by atoms with Gasteiger partial charge in [-0.1, -0.05) is 13.8 Å². The number of hydrogen-bond acceptors (Lipinski definition) is 5. The van der Waals surface area contributed by atoms with Gasteiger partial charge in [0, 0.05) is 13.5 Å². The van der Waals surface area contributed by atoms with Gasteiger partial charge in [0.2, 0.25) is 0 Å². The second-order valence-corrected chi connectivity index (χ2v) is 4.93. The molecule has 1 aliphatic heterocycles. The number of carbonyl (C=O) groups is 3. The first kappa shape index (κ1) is 15.2. The zero-order valence-corrected chi connectivity index (χ0v) is 11.0. The predicted octanol–water partition coefficient (Wildman–Crippen LogP) is -0.300. The number of aliphatic carboxylic acids is 1. The molecular formula is C12H17NO6. The van der Waals surface area contributed by atoms with Gasteiger partial charge in [0.25, 0.3) is 5.91 Å². The minimum Gasteiger partial charge on any atom is -0.515 e. The first-order chi connectivity index (χ1) is 8.66. The average molecular weight is 271 g/mol. The number of Topliss-reactive ketones (excluding diaryl/α,β-unsaturated/α-hetero) is 1. The number of amides is 1. The highest BCUT2D eigenvalue weighted by molar-refractivity contribution is 6.26. The zero-order chi connectivity index (χ0) is 15.0. The molecule has 1 rings (SSSR count). The third kappa shape index (κ3) is 2.33. The quantitative estimate of drug-likeness (QED) is 0.367. The number of aliphatic hydroxyl groups is 2. The lowest BCUT2D eigenvalue weighted by Gasteiger charge is -2.31. The summed E-state index contributed by atoms with van der Waals surface area (Å²) in [5, 5.41) is 28.1. The van der Waals surface area contributed by atoms with Crippen molar-refractivity contribution in [3.63, 3.8) is 0 Å². The van der Waals surface area contributed by atoms with Crippen LogP contribution in [0.25, 0.3) is 0 Å². The van der Waals surface area contributed by atoms with Crippen LogP contribution in [-0.2, 0) is 14.4 Å². The van der Waals surface area contributed by atoms with E-state index >= 15 is 0 Å². The normalized spacial score (nSPS) is 25.2. The molecule has 1 saturated heterocycles. The van der Waals surface area contributed by atoms with Gasteiger partial charge >= 0.3 is 5.97 Å². The van der Waals surface area contributed by atoms with Gasteiger partial charge in [-0.2, -0.15) is 0 Å². The van der Waals surface area contributed by atoms with Gasteiger partial charge < -0.3 is 20.2 Å². The van der Waals surface area contributed by atoms with Crippen molar-refractivity contribution in [1.82, 2.24) is 4.90 Å². The minimum absolute atomic E-state index is 0.399. The SMILES string of the molecule is CC(C)C(O)(CC1C(=O)/C(=C\O)C(=O)N1C)C(=O)O. The molecule has 0 bridgehead atoms. The van der Waals surface area contributed by atoms with Gasteiger partial charge in [-0.3, -0.25) is 9.59 Å². The van der Waals surface area contributed by atoms with E-state index in [0.29, 0.717) is 6.26 Å². The molecule has 0 aliphatic carbocycles. The van der Waals surface area contributed by atoms with Gasteiger partial charge in [-0.15, -0.1) is 0 Å². The molecule has 0 aromatic rings. The van der Waals surface area contributed by atoms with Crippen molar-refractivity contribution in [3.8, 4) is 0 Å². The van der Waals surface area contributed by atoms with Crippen molar-refractivity contribution in [3.05, 3.63) is 11.8 Å². The van der Waals surface area contributed by atoms with E-state index in [9.17, 15) is 19.5 Å². The molecule has 1 aliphatic rings. The van der Waals surface area contributed by atoms with Gasteiger partial charge in [0.1, 0.15) is 5.57 Å². The molecule has 106 valence electrons. The fourth-order valence-electron chi connectivity index (χ4n) is 2.01. The summed E-state index contributed by atoms with van der Waals surface area (Å²) in [7, 11) is 1.32. The van der Waals surface area contributed by atoms with Crippen LogP contribution in [-0.4, -0.2) is 56.6 Å². The number of ketones is 1. The maximum Gasteiger partial charge on any atom is 0.336 e. The lowest BCUT2D eigenvalue weighted by molar-refractivity contribution is -0.166. The summed E-state index contributed by atoms with van der Waals surface area (Å²) < 4.78 is 0. The first-order valence-corrected chi connectivity index (χ1v) is 5.78. The lowest BCUT2D eigenvalue weighted by Crippen LogP contribution is -2.49. The van der Waals surface area contributed by atoms with Gasteiger partial charge in [0.15, 0.2) is 11.4 Å². The molecule has 7 heteroatoms. The molecule has 1 fully saturated rings. The van der Waals surface area contributed by atoms with E-state index in [2.05, 4.69) is 0 Å². The lowest BCUT2D eigenvalue weighted by atomic mass is 9.83. The summed E-state index contributed by atoms with van der Waals surface area (Å²) >= 11 is 0. The van der Waals surface area contributed by atoms with E-state index in [4.69, 9.17) is 10.2 Å². The van der Waals surface area contributed by atoms with E-state index in [1.165, 1.54) is 20.9 Å². The molecule has 1 amide bonds. The number of carbonyl (C=O) groups excluding carboxylic acids is 2. The van der Waals surface area contributed by atoms with Gasteiger partial charge in [0.05, 0.1) is 12.3 Å². The Bertz CT molecular complexity index is 455. The predicted molar refractivity (Wildman–Crippen MR) is 64.3 cm³/mol. The van der Waals surface area contributed by atoms with E-state index in [-0.39, 0.29) is 0 Å². The minimum atomic E-state index is -2.11. The number of nitrogens with zero attached hydrogens (tertiary/aromatic N) is 1. The molecule has 2 atom stereocenters. The van der Waals surface area contributed by atoms with E-state index in [1.54, 1.807) is 0 Å². The summed E-state index contributed by atoms with van der Waals surface area (Å²) in [4.78, 5) is 35.7. The summed E-state index contributed by atoms with van der Waals surface area (Å²) in [6.45, 7) is 3.02. The smallest absolute Gasteiger partial charge is 0.336 e. The Morgan fingerprint density at radius 3 is 2.32 bits per heavy atom. The van der Waals surface area contributed by atoms with Crippen molar-refractivity contribution in [2.75, 3.05) is 7.05 Å². The van der Waals surface area contributed by atoms with Crippen molar-refractivity contribution in [2.45, 2.75) is 31.9 Å². The third-order valence-electron chi connectivity index (χ3n) is 3.55. The van der Waals surface area contributed by atoms with Gasteiger partial charge in [-0.05, 0) is 5.92 Å². The number of hydrogen-bond donors (Lipinski definition) is 3. The Labute approximate surface area is 110 Å². The molecule has 7 nitrogen and oxygen atoms in total. The number of rotatable bonds is 4. The van der Waals surface area contributed by atoms with Crippen LogP contribution in [0.3, 0.4) is 0 Å². The van der Waals surface area contributed by atoms with Crippen LogP contribution >= 0.6 is 0 Å². The molecule has 2 unspecified atom stereocenters. The maximum atomic E-state index is 11.9. The molecule has 1 heterocycles. The van der Waals surface area contributed by atoms with Crippen molar-refractivity contribution in [2.24, 2.45) is 5.92 Å². The molecule has 0 aromatic carbocycles. The number of carboxylic acid groups (broad SMARTS) is 1. The zero-order valence-electron chi connectivity index (χ0n) is 11.0. The number of aliphatic hydroxyl groups excluding tert-OH is 1. The fourth-order valence-corrected chi connectivity index (χ4v) is 2.01. The fraction of sp³-hybridized carbons (Fsp3) is 0.583. The second-order valence-electron chi connectivity index (χ2n) is 4.93. The molecule has 3 N–H and O–H groups in total. The largest absolute Gasteiger partial charge is 0.515 e. The number of likely N-dealkylation sites (tertiary alicyclic amines) is 1. The van der Waals surface area contributed by atoms with Crippen LogP contribution < -0.4 is 0 Å². The highest BCUT2D eigenvalue weighted by Crippen LogP contribution is 2.30. The van der Waals surface area contributed by atoms with Crippen molar-refractivity contribution in [1.29, 1.82) is 0 Å². The summed E-state index contributed by atoms with van der Waals surface area (Å²) in [5.74, 6) is -3.45.